The monoisotopic (exact) mass is 386 g/mol. The smallest absolute Gasteiger partial charge is 0.358 e. The number of amides is 2. The van der Waals surface area contributed by atoms with Crippen LogP contribution in [-0.4, -0.2) is 66.3 Å². The highest BCUT2D eigenvalue weighted by Gasteiger charge is 2.30. The zero-order valence-corrected chi connectivity index (χ0v) is 15.8. The van der Waals surface area contributed by atoms with E-state index in [1.54, 1.807) is 31.4 Å². The first-order valence-electron chi connectivity index (χ1n) is 8.90. The molecule has 0 bridgehead atoms. The number of aromatic nitrogens is 2. The van der Waals surface area contributed by atoms with Gasteiger partial charge in [0.15, 0.2) is 5.69 Å². The van der Waals surface area contributed by atoms with Crippen molar-refractivity contribution in [3.8, 4) is 11.4 Å². The van der Waals surface area contributed by atoms with Gasteiger partial charge in [-0.2, -0.15) is 5.10 Å². The number of ether oxygens (including phenoxy) is 2. The van der Waals surface area contributed by atoms with Crippen molar-refractivity contribution in [2.24, 2.45) is 0 Å². The summed E-state index contributed by atoms with van der Waals surface area (Å²) in [5.41, 5.74) is 0.643. The van der Waals surface area contributed by atoms with Crippen molar-refractivity contribution < 1.29 is 23.9 Å². The van der Waals surface area contributed by atoms with Crippen molar-refractivity contribution in [1.82, 2.24) is 20.0 Å². The van der Waals surface area contributed by atoms with Gasteiger partial charge in [0, 0.05) is 12.1 Å². The van der Waals surface area contributed by atoms with E-state index in [9.17, 15) is 14.4 Å². The van der Waals surface area contributed by atoms with E-state index in [-0.39, 0.29) is 17.4 Å². The summed E-state index contributed by atoms with van der Waals surface area (Å²) in [6, 6.07) is 7.99. The van der Waals surface area contributed by atoms with E-state index >= 15 is 0 Å². The molecule has 2 heterocycles. The molecule has 148 valence electrons. The van der Waals surface area contributed by atoms with Crippen molar-refractivity contribution in [1.29, 1.82) is 0 Å². The molecule has 3 rings (SSSR count). The minimum atomic E-state index is -0.666. The number of methoxy groups -OCH3 is 2. The number of hydrogen-bond acceptors (Lipinski definition) is 7. The number of benzene rings is 1. The second-order valence-electron chi connectivity index (χ2n) is 6.32. The number of nitrogens with one attached hydrogen (secondary N) is 1. The molecule has 1 N–H and O–H groups in total. The maximum Gasteiger partial charge on any atom is 0.358 e. The summed E-state index contributed by atoms with van der Waals surface area (Å²) in [5.74, 6) is -0.539. The Morgan fingerprint density at radius 1 is 1.21 bits per heavy atom. The number of carbonyl (C=O) groups is 3. The summed E-state index contributed by atoms with van der Waals surface area (Å²) in [7, 11) is 2.79. The Morgan fingerprint density at radius 2 is 1.89 bits per heavy atom. The summed E-state index contributed by atoms with van der Waals surface area (Å²) in [6.45, 7) is 1.46. The van der Waals surface area contributed by atoms with Crippen molar-refractivity contribution in [2.75, 3.05) is 27.3 Å². The molecule has 1 saturated heterocycles. The van der Waals surface area contributed by atoms with Gasteiger partial charge in [-0.05, 0) is 50.2 Å². The first kappa shape index (κ1) is 19.6. The molecule has 0 atom stereocenters. The SMILES string of the molecule is COC(=O)c1cc(C(=O)N(C=O)C2CCNCC2)n(-c2ccc(OC)cc2)n1. The molecule has 0 unspecified atom stereocenters. The average Bonchev–Trinajstić information content (AvgIpc) is 3.20. The van der Waals surface area contributed by atoms with Crippen LogP contribution in [0, 0.1) is 0 Å². The van der Waals surface area contributed by atoms with Gasteiger partial charge in [-0.3, -0.25) is 14.5 Å². The van der Waals surface area contributed by atoms with Crippen LogP contribution in [0.2, 0.25) is 0 Å². The first-order chi connectivity index (χ1) is 13.6. The van der Waals surface area contributed by atoms with Gasteiger partial charge in [0.05, 0.1) is 19.9 Å². The number of esters is 1. The summed E-state index contributed by atoms with van der Waals surface area (Å²) in [4.78, 5) is 38.0. The number of rotatable bonds is 6. The fourth-order valence-corrected chi connectivity index (χ4v) is 3.17. The summed E-state index contributed by atoms with van der Waals surface area (Å²) >= 11 is 0. The summed E-state index contributed by atoms with van der Waals surface area (Å²) in [6.07, 6.45) is 1.89. The summed E-state index contributed by atoms with van der Waals surface area (Å²) < 4.78 is 11.2. The maximum absolute atomic E-state index is 13.2. The van der Waals surface area contributed by atoms with Crippen molar-refractivity contribution in [2.45, 2.75) is 18.9 Å². The molecule has 28 heavy (non-hydrogen) atoms. The van der Waals surface area contributed by atoms with E-state index in [2.05, 4.69) is 10.4 Å². The molecule has 1 aromatic heterocycles. The van der Waals surface area contributed by atoms with Crippen molar-refractivity contribution in [3.05, 3.63) is 41.7 Å². The highest BCUT2D eigenvalue weighted by atomic mass is 16.5. The normalized spacial score (nSPS) is 14.4. The molecule has 1 aromatic carbocycles. The van der Waals surface area contributed by atoms with Crippen LogP contribution in [0.3, 0.4) is 0 Å². The van der Waals surface area contributed by atoms with Crippen LogP contribution in [0.5, 0.6) is 5.75 Å². The molecule has 1 fully saturated rings. The predicted octanol–water partition coefficient (Wildman–Crippen LogP) is 1.02. The van der Waals surface area contributed by atoms with Gasteiger partial charge in [0.1, 0.15) is 11.4 Å². The van der Waals surface area contributed by atoms with Crippen LogP contribution >= 0.6 is 0 Å². The van der Waals surface area contributed by atoms with Crippen LogP contribution in [0.1, 0.15) is 33.8 Å². The molecule has 1 aliphatic heterocycles. The van der Waals surface area contributed by atoms with E-state index in [0.717, 1.165) is 13.1 Å². The van der Waals surface area contributed by atoms with Gasteiger partial charge >= 0.3 is 5.97 Å². The second kappa shape index (κ2) is 8.66. The van der Waals surface area contributed by atoms with Crippen LogP contribution < -0.4 is 10.1 Å². The lowest BCUT2D eigenvalue weighted by Crippen LogP contribution is -2.45. The zero-order chi connectivity index (χ0) is 20.1. The molecule has 0 saturated carbocycles. The lowest BCUT2D eigenvalue weighted by Gasteiger charge is -2.30. The van der Waals surface area contributed by atoms with Crippen LogP contribution in [-0.2, 0) is 9.53 Å². The van der Waals surface area contributed by atoms with Crippen LogP contribution in [0.4, 0.5) is 0 Å². The molecule has 0 aliphatic carbocycles. The lowest BCUT2D eigenvalue weighted by molar-refractivity contribution is -0.118. The highest BCUT2D eigenvalue weighted by molar-refractivity contribution is 6.01. The van der Waals surface area contributed by atoms with Crippen molar-refractivity contribution >= 4 is 18.3 Å². The number of imide groups is 1. The lowest BCUT2D eigenvalue weighted by atomic mass is 10.0. The Bertz CT molecular complexity index is 856. The number of piperidine rings is 1. The molecule has 0 spiro atoms. The van der Waals surface area contributed by atoms with Gasteiger partial charge in [-0.15, -0.1) is 0 Å². The van der Waals surface area contributed by atoms with E-state index < -0.39 is 11.9 Å². The van der Waals surface area contributed by atoms with E-state index in [0.29, 0.717) is 30.7 Å². The highest BCUT2D eigenvalue weighted by Crippen LogP contribution is 2.20. The van der Waals surface area contributed by atoms with E-state index in [1.807, 2.05) is 0 Å². The molecule has 9 nitrogen and oxygen atoms in total. The van der Waals surface area contributed by atoms with Gasteiger partial charge in [-0.1, -0.05) is 0 Å². The fraction of sp³-hybridized carbons (Fsp3) is 0.368. The third-order valence-electron chi connectivity index (χ3n) is 4.69. The minimum absolute atomic E-state index is 0.0159. The van der Waals surface area contributed by atoms with E-state index in [4.69, 9.17) is 9.47 Å². The molecular weight excluding hydrogens is 364 g/mol. The Labute approximate surface area is 162 Å². The topological polar surface area (TPSA) is 103 Å². The third-order valence-corrected chi connectivity index (χ3v) is 4.69. The Hall–Kier alpha value is -3.20. The number of nitrogens with zero attached hydrogens (tertiary/aromatic N) is 3. The molecule has 0 radical (unpaired) electrons. The molecule has 1 aliphatic rings. The number of hydrogen-bond donors (Lipinski definition) is 1. The third kappa shape index (κ3) is 3.89. The Morgan fingerprint density at radius 3 is 2.46 bits per heavy atom. The molecule has 2 amide bonds. The van der Waals surface area contributed by atoms with Gasteiger partial charge in [0.2, 0.25) is 6.41 Å². The van der Waals surface area contributed by atoms with Crippen LogP contribution in [0.25, 0.3) is 5.69 Å². The maximum atomic E-state index is 13.2. The predicted molar refractivity (Wildman–Crippen MR) is 99.6 cm³/mol. The standard InChI is InChI=1S/C19H22N4O5/c1-27-15-5-3-14(4-6-15)23-17(11-16(21-23)19(26)28-2)18(25)22(12-24)13-7-9-20-10-8-13/h3-6,11-13,20H,7-10H2,1-2H3. The summed E-state index contributed by atoms with van der Waals surface area (Å²) in [5, 5.41) is 7.42. The quantitative estimate of drug-likeness (QED) is 0.584. The van der Waals surface area contributed by atoms with Gasteiger partial charge in [0.25, 0.3) is 5.91 Å². The van der Waals surface area contributed by atoms with E-state index in [1.165, 1.54) is 22.8 Å². The van der Waals surface area contributed by atoms with Crippen molar-refractivity contribution in [3.63, 3.8) is 0 Å². The van der Waals surface area contributed by atoms with Gasteiger partial charge < -0.3 is 14.8 Å². The molecule has 9 heteroatoms. The number of carbonyl (C=O) groups excluding carboxylic acids is 3. The van der Waals surface area contributed by atoms with Gasteiger partial charge in [-0.25, -0.2) is 9.48 Å². The van der Waals surface area contributed by atoms with Crippen LogP contribution in [0.15, 0.2) is 30.3 Å². The molecular formula is C19H22N4O5. The average molecular weight is 386 g/mol. The first-order valence-corrected chi connectivity index (χ1v) is 8.90. The largest absolute Gasteiger partial charge is 0.497 e. The molecule has 2 aromatic rings. The minimum Gasteiger partial charge on any atom is -0.497 e. The Kier molecular flexibility index (Phi) is 6.05. The second-order valence-corrected chi connectivity index (χ2v) is 6.32. The fourth-order valence-electron chi connectivity index (χ4n) is 3.17. The zero-order valence-electron chi connectivity index (χ0n) is 15.8. The Balaban J connectivity index is 2.01.